The molecule has 0 fully saturated rings. The second-order valence-corrected chi connectivity index (χ2v) is 3.64. The predicted molar refractivity (Wildman–Crippen MR) is 59.9 cm³/mol. The van der Waals surface area contributed by atoms with Crippen LogP contribution in [0.25, 0.3) is 11.0 Å². The zero-order chi connectivity index (χ0) is 11.5. The summed E-state index contributed by atoms with van der Waals surface area (Å²) >= 11 is 0. The van der Waals surface area contributed by atoms with Gasteiger partial charge in [0.05, 0.1) is 23.4 Å². The molecule has 0 N–H and O–H groups in total. The number of fused-ring (bicyclic) bond motifs is 1. The highest BCUT2D eigenvalue weighted by atomic mass is 16.1. The smallest absolute Gasteiger partial charge is 0.163 e. The normalized spacial score (nSPS) is 10.2. The van der Waals surface area contributed by atoms with Crippen LogP contribution in [0.2, 0.25) is 0 Å². The molecule has 0 aliphatic rings. The Morgan fingerprint density at radius 1 is 1.56 bits per heavy atom. The fourth-order valence-corrected chi connectivity index (χ4v) is 1.62. The highest BCUT2D eigenvalue weighted by Crippen LogP contribution is 2.15. The second kappa shape index (κ2) is 4.15. The summed E-state index contributed by atoms with van der Waals surface area (Å²) in [5.41, 5.74) is 2.43. The van der Waals surface area contributed by atoms with Gasteiger partial charge < -0.3 is 4.57 Å². The molecule has 0 radical (unpaired) electrons. The van der Waals surface area contributed by atoms with Crippen molar-refractivity contribution < 1.29 is 4.79 Å². The van der Waals surface area contributed by atoms with E-state index in [0.717, 1.165) is 11.0 Å². The average molecular weight is 213 g/mol. The number of Topliss-reactive ketones (excluding diaryl/α,β-unsaturated/α-hetero) is 1. The van der Waals surface area contributed by atoms with Gasteiger partial charge in [0.1, 0.15) is 0 Å². The Morgan fingerprint density at radius 2 is 2.38 bits per heavy atom. The van der Waals surface area contributed by atoms with Crippen LogP contribution in [0.4, 0.5) is 0 Å². The summed E-state index contributed by atoms with van der Waals surface area (Å²) in [6.45, 7) is 0. The van der Waals surface area contributed by atoms with Crippen molar-refractivity contribution in [2.24, 2.45) is 7.05 Å². The molecule has 0 spiro atoms. The van der Waals surface area contributed by atoms with Crippen molar-refractivity contribution in [3.8, 4) is 6.07 Å². The van der Waals surface area contributed by atoms with E-state index in [0.29, 0.717) is 5.56 Å². The summed E-state index contributed by atoms with van der Waals surface area (Å²) in [6.07, 6.45) is 2.25. The Labute approximate surface area is 93.1 Å². The quantitative estimate of drug-likeness (QED) is 0.733. The Hall–Kier alpha value is -2.15. The van der Waals surface area contributed by atoms with Gasteiger partial charge >= 0.3 is 0 Å². The van der Waals surface area contributed by atoms with E-state index in [1.165, 1.54) is 0 Å². The van der Waals surface area contributed by atoms with Gasteiger partial charge in [-0.1, -0.05) is 0 Å². The first-order valence-electron chi connectivity index (χ1n) is 5.03. The molecule has 80 valence electrons. The number of aryl methyl sites for hydroxylation is 1. The minimum atomic E-state index is -0.00546. The molecule has 0 aliphatic heterocycles. The number of hydrogen-bond acceptors (Lipinski definition) is 3. The fourth-order valence-electron chi connectivity index (χ4n) is 1.62. The van der Waals surface area contributed by atoms with Crippen molar-refractivity contribution in [2.75, 3.05) is 0 Å². The van der Waals surface area contributed by atoms with Gasteiger partial charge in [0, 0.05) is 25.5 Å². The minimum absolute atomic E-state index is 0.00546. The first kappa shape index (κ1) is 10.4. The monoisotopic (exact) mass is 213 g/mol. The molecular formula is C12H11N3O. The molecule has 4 nitrogen and oxygen atoms in total. The lowest BCUT2D eigenvalue weighted by Gasteiger charge is -1.99. The van der Waals surface area contributed by atoms with Crippen molar-refractivity contribution in [2.45, 2.75) is 12.8 Å². The zero-order valence-electron chi connectivity index (χ0n) is 8.97. The molecule has 1 aromatic heterocycles. The van der Waals surface area contributed by atoms with E-state index in [2.05, 4.69) is 4.98 Å². The van der Waals surface area contributed by atoms with E-state index in [-0.39, 0.29) is 18.6 Å². The van der Waals surface area contributed by atoms with Crippen LogP contribution in [0.3, 0.4) is 0 Å². The lowest BCUT2D eigenvalue weighted by atomic mass is 10.1. The Balaban J connectivity index is 2.33. The first-order chi connectivity index (χ1) is 7.72. The number of aromatic nitrogens is 2. The van der Waals surface area contributed by atoms with Gasteiger partial charge in [-0.3, -0.25) is 4.79 Å². The summed E-state index contributed by atoms with van der Waals surface area (Å²) in [5, 5.41) is 8.42. The molecule has 0 unspecified atom stereocenters. The summed E-state index contributed by atoms with van der Waals surface area (Å²) in [4.78, 5) is 15.9. The summed E-state index contributed by atoms with van der Waals surface area (Å²) in [6, 6.07) is 7.40. The molecule has 0 saturated heterocycles. The van der Waals surface area contributed by atoms with Gasteiger partial charge in [-0.15, -0.1) is 0 Å². The maximum absolute atomic E-state index is 11.7. The van der Waals surface area contributed by atoms with Crippen LogP contribution in [-0.4, -0.2) is 15.3 Å². The topological polar surface area (TPSA) is 58.7 Å². The maximum atomic E-state index is 11.7. The van der Waals surface area contributed by atoms with Crippen molar-refractivity contribution in [1.82, 2.24) is 9.55 Å². The molecule has 1 heterocycles. The molecule has 0 saturated carbocycles. The van der Waals surface area contributed by atoms with Crippen LogP contribution >= 0.6 is 0 Å². The third-order valence-corrected chi connectivity index (χ3v) is 2.51. The summed E-state index contributed by atoms with van der Waals surface area (Å²) in [7, 11) is 1.91. The van der Waals surface area contributed by atoms with Gasteiger partial charge in [0.15, 0.2) is 5.78 Å². The standard InChI is InChI=1S/C12H11N3O/c1-15-8-14-10-7-9(4-5-11(10)15)12(16)3-2-6-13/h4-5,7-8H,2-3H2,1H3. The first-order valence-corrected chi connectivity index (χ1v) is 5.03. The Morgan fingerprint density at radius 3 is 3.12 bits per heavy atom. The van der Waals surface area contributed by atoms with E-state index in [1.54, 1.807) is 18.5 Å². The lowest BCUT2D eigenvalue weighted by Crippen LogP contribution is -1.98. The Bertz CT molecular complexity index is 577. The number of hydrogen-bond donors (Lipinski definition) is 0. The van der Waals surface area contributed by atoms with E-state index in [9.17, 15) is 4.79 Å². The van der Waals surface area contributed by atoms with Crippen molar-refractivity contribution >= 4 is 16.8 Å². The summed E-state index contributed by atoms with van der Waals surface area (Å²) in [5.74, 6) is -0.00546. The number of benzene rings is 1. The highest BCUT2D eigenvalue weighted by Gasteiger charge is 2.07. The molecule has 2 aromatic rings. The van der Waals surface area contributed by atoms with Crippen LogP contribution in [0, 0.1) is 11.3 Å². The van der Waals surface area contributed by atoms with Gasteiger partial charge in [0.25, 0.3) is 0 Å². The van der Waals surface area contributed by atoms with Crippen molar-refractivity contribution in [1.29, 1.82) is 5.26 Å². The van der Waals surface area contributed by atoms with E-state index in [1.807, 2.05) is 23.8 Å². The third kappa shape index (κ3) is 1.80. The molecule has 2 rings (SSSR count). The summed E-state index contributed by atoms with van der Waals surface area (Å²) < 4.78 is 1.90. The Kier molecular flexibility index (Phi) is 2.69. The van der Waals surface area contributed by atoms with Crippen LogP contribution < -0.4 is 0 Å². The van der Waals surface area contributed by atoms with E-state index in [4.69, 9.17) is 5.26 Å². The molecular weight excluding hydrogens is 202 g/mol. The number of imidazole rings is 1. The largest absolute Gasteiger partial charge is 0.334 e. The number of carbonyl (C=O) groups is 1. The van der Waals surface area contributed by atoms with Crippen LogP contribution in [0.15, 0.2) is 24.5 Å². The maximum Gasteiger partial charge on any atom is 0.163 e. The van der Waals surface area contributed by atoms with E-state index >= 15 is 0 Å². The van der Waals surface area contributed by atoms with Crippen molar-refractivity contribution in [3.63, 3.8) is 0 Å². The van der Waals surface area contributed by atoms with Gasteiger partial charge in [-0.25, -0.2) is 4.98 Å². The fraction of sp³-hybridized carbons (Fsp3) is 0.250. The van der Waals surface area contributed by atoms with Crippen LogP contribution in [-0.2, 0) is 7.05 Å². The molecule has 16 heavy (non-hydrogen) atoms. The average Bonchev–Trinajstić information content (AvgIpc) is 2.67. The number of nitrogens with zero attached hydrogens (tertiary/aromatic N) is 3. The van der Waals surface area contributed by atoms with Crippen LogP contribution in [0.1, 0.15) is 23.2 Å². The molecule has 0 atom stereocenters. The number of ketones is 1. The minimum Gasteiger partial charge on any atom is -0.334 e. The second-order valence-electron chi connectivity index (χ2n) is 3.64. The van der Waals surface area contributed by atoms with Gasteiger partial charge in [0.2, 0.25) is 0 Å². The third-order valence-electron chi connectivity index (χ3n) is 2.51. The molecule has 1 aromatic carbocycles. The van der Waals surface area contributed by atoms with Crippen LogP contribution in [0.5, 0.6) is 0 Å². The molecule has 0 bridgehead atoms. The molecule has 0 amide bonds. The SMILES string of the molecule is Cn1cnc2cc(C(=O)CCC#N)ccc21. The number of carbonyl (C=O) groups excluding carboxylic acids is 1. The zero-order valence-corrected chi connectivity index (χ0v) is 8.97. The highest BCUT2D eigenvalue weighted by molar-refractivity contribution is 5.98. The number of rotatable bonds is 3. The predicted octanol–water partition coefficient (Wildman–Crippen LogP) is 2.06. The molecule has 0 aliphatic carbocycles. The van der Waals surface area contributed by atoms with E-state index < -0.39 is 0 Å². The number of nitriles is 1. The van der Waals surface area contributed by atoms with Gasteiger partial charge in [-0.2, -0.15) is 5.26 Å². The van der Waals surface area contributed by atoms with Gasteiger partial charge in [-0.05, 0) is 18.2 Å². The lowest BCUT2D eigenvalue weighted by molar-refractivity contribution is 0.0984. The molecule has 4 heteroatoms. The van der Waals surface area contributed by atoms with Crippen molar-refractivity contribution in [3.05, 3.63) is 30.1 Å².